The quantitative estimate of drug-likeness (QED) is 0.582. The van der Waals surface area contributed by atoms with Gasteiger partial charge in [-0.05, 0) is 23.8 Å². The first-order valence-electron chi connectivity index (χ1n) is 4.22. The molecular weight excluding hydrogens is 180 g/mol. The molecule has 0 aromatic heterocycles. The molecule has 1 aromatic rings. The number of phenols is 1. The van der Waals surface area contributed by atoms with Crippen molar-refractivity contribution in [2.75, 3.05) is 21.2 Å². The Morgan fingerprint density at radius 2 is 2.14 bits per heavy atom. The highest BCUT2D eigenvalue weighted by atomic mass is 16.5. The number of nitrogens with zero attached hydrogens (tertiary/aromatic N) is 2. The molecule has 1 rings (SSSR count). The molecule has 0 radical (unpaired) electrons. The molecule has 1 N–H and O–H groups in total. The maximum Gasteiger partial charge on any atom is 0.161 e. The normalized spacial score (nSPS) is 10.5. The van der Waals surface area contributed by atoms with Gasteiger partial charge in [-0.2, -0.15) is 5.10 Å². The Morgan fingerprint density at radius 3 is 2.71 bits per heavy atom. The average Bonchev–Trinajstić information content (AvgIpc) is 2.16. The van der Waals surface area contributed by atoms with Crippen LogP contribution in [0, 0.1) is 0 Å². The topological polar surface area (TPSA) is 45.1 Å². The predicted molar refractivity (Wildman–Crippen MR) is 55.9 cm³/mol. The van der Waals surface area contributed by atoms with Crippen LogP contribution in [0.1, 0.15) is 5.56 Å². The van der Waals surface area contributed by atoms with E-state index in [1.54, 1.807) is 29.4 Å². The molecule has 0 bridgehead atoms. The zero-order chi connectivity index (χ0) is 10.6. The summed E-state index contributed by atoms with van der Waals surface area (Å²) < 4.78 is 4.97. The first-order valence-corrected chi connectivity index (χ1v) is 4.22. The second-order valence-electron chi connectivity index (χ2n) is 3.02. The van der Waals surface area contributed by atoms with Crippen molar-refractivity contribution in [3.05, 3.63) is 23.8 Å². The Kier molecular flexibility index (Phi) is 3.34. The van der Waals surface area contributed by atoms with Crippen LogP contribution in [0.15, 0.2) is 23.3 Å². The molecule has 0 saturated heterocycles. The number of hydrogen-bond donors (Lipinski definition) is 1. The van der Waals surface area contributed by atoms with Crippen molar-refractivity contribution in [3.8, 4) is 11.5 Å². The van der Waals surface area contributed by atoms with Crippen molar-refractivity contribution in [1.29, 1.82) is 0 Å². The fraction of sp³-hybridized carbons (Fsp3) is 0.300. The lowest BCUT2D eigenvalue weighted by molar-refractivity contribution is 0.373. The molecular formula is C10H14N2O2. The van der Waals surface area contributed by atoms with E-state index in [2.05, 4.69) is 5.10 Å². The van der Waals surface area contributed by atoms with Gasteiger partial charge >= 0.3 is 0 Å². The van der Waals surface area contributed by atoms with Crippen molar-refractivity contribution < 1.29 is 9.84 Å². The summed E-state index contributed by atoms with van der Waals surface area (Å²) in [6, 6.07) is 5.07. The molecule has 0 aliphatic rings. The van der Waals surface area contributed by atoms with Gasteiger partial charge < -0.3 is 14.9 Å². The maximum absolute atomic E-state index is 9.33. The number of aromatic hydroxyl groups is 1. The average molecular weight is 194 g/mol. The molecule has 0 spiro atoms. The molecule has 76 valence electrons. The first-order chi connectivity index (χ1) is 6.63. The third-order valence-electron chi connectivity index (χ3n) is 1.64. The fourth-order valence-corrected chi connectivity index (χ4v) is 0.957. The number of methoxy groups -OCH3 is 1. The summed E-state index contributed by atoms with van der Waals surface area (Å²) >= 11 is 0. The standard InChI is InChI=1S/C10H14N2O2/c1-12(2)11-7-8-4-5-9(13)10(6-8)14-3/h4-7,13H,1-3H3/b11-7-. The summed E-state index contributed by atoms with van der Waals surface area (Å²) in [4.78, 5) is 0. The Hall–Kier alpha value is -1.71. The predicted octanol–water partition coefficient (Wildman–Crippen LogP) is 1.30. The molecule has 1 aromatic carbocycles. The number of benzene rings is 1. The summed E-state index contributed by atoms with van der Waals surface area (Å²) in [5.41, 5.74) is 0.883. The van der Waals surface area contributed by atoms with E-state index in [1.807, 2.05) is 14.1 Å². The van der Waals surface area contributed by atoms with Crippen LogP contribution in [-0.2, 0) is 0 Å². The van der Waals surface area contributed by atoms with Crippen LogP contribution in [-0.4, -0.2) is 37.5 Å². The highest BCUT2D eigenvalue weighted by molar-refractivity contribution is 5.80. The number of rotatable bonds is 3. The largest absolute Gasteiger partial charge is 0.504 e. The van der Waals surface area contributed by atoms with Crippen molar-refractivity contribution >= 4 is 6.21 Å². The first kappa shape index (κ1) is 10.4. The molecule has 4 nitrogen and oxygen atoms in total. The van der Waals surface area contributed by atoms with E-state index in [-0.39, 0.29) is 5.75 Å². The fourth-order valence-electron chi connectivity index (χ4n) is 0.957. The lowest BCUT2D eigenvalue weighted by Crippen LogP contribution is -2.01. The summed E-state index contributed by atoms with van der Waals surface area (Å²) in [6.07, 6.45) is 1.70. The second kappa shape index (κ2) is 4.50. The third-order valence-corrected chi connectivity index (χ3v) is 1.64. The van der Waals surface area contributed by atoms with Crippen molar-refractivity contribution in [2.24, 2.45) is 5.10 Å². The highest BCUT2D eigenvalue weighted by Gasteiger charge is 2.00. The van der Waals surface area contributed by atoms with Gasteiger partial charge in [-0.15, -0.1) is 0 Å². The van der Waals surface area contributed by atoms with Gasteiger partial charge in [-0.25, -0.2) is 0 Å². The van der Waals surface area contributed by atoms with Gasteiger partial charge in [0.05, 0.1) is 13.3 Å². The maximum atomic E-state index is 9.33. The van der Waals surface area contributed by atoms with E-state index < -0.39 is 0 Å². The Labute approximate surface area is 83.4 Å². The Balaban J connectivity index is 2.89. The minimum atomic E-state index is 0.134. The smallest absolute Gasteiger partial charge is 0.161 e. The molecule has 0 unspecified atom stereocenters. The number of hydrazone groups is 1. The molecule has 0 aliphatic heterocycles. The molecule has 14 heavy (non-hydrogen) atoms. The van der Waals surface area contributed by atoms with E-state index in [4.69, 9.17) is 4.74 Å². The summed E-state index contributed by atoms with van der Waals surface area (Å²) in [7, 11) is 5.20. The third kappa shape index (κ3) is 2.65. The van der Waals surface area contributed by atoms with Crippen molar-refractivity contribution in [3.63, 3.8) is 0 Å². The minimum Gasteiger partial charge on any atom is -0.504 e. The van der Waals surface area contributed by atoms with Gasteiger partial charge in [0.2, 0.25) is 0 Å². The highest BCUT2D eigenvalue weighted by Crippen LogP contribution is 2.25. The van der Waals surface area contributed by atoms with E-state index in [0.29, 0.717) is 5.75 Å². The summed E-state index contributed by atoms with van der Waals surface area (Å²) in [5.74, 6) is 0.585. The number of hydrogen-bond acceptors (Lipinski definition) is 4. The van der Waals surface area contributed by atoms with Gasteiger partial charge in [0.15, 0.2) is 11.5 Å². The van der Waals surface area contributed by atoms with Crippen LogP contribution in [0.5, 0.6) is 11.5 Å². The molecule has 0 fully saturated rings. The van der Waals surface area contributed by atoms with Crippen molar-refractivity contribution in [2.45, 2.75) is 0 Å². The zero-order valence-corrected chi connectivity index (χ0v) is 8.56. The lowest BCUT2D eigenvalue weighted by Gasteiger charge is -2.05. The van der Waals surface area contributed by atoms with Gasteiger partial charge in [0.25, 0.3) is 0 Å². The molecule has 4 heteroatoms. The van der Waals surface area contributed by atoms with Crippen LogP contribution >= 0.6 is 0 Å². The van der Waals surface area contributed by atoms with Crippen molar-refractivity contribution in [1.82, 2.24) is 5.01 Å². The summed E-state index contributed by atoms with van der Waals surface area (Å²) in [6.45, 7) is 0. The van der Waals surface area contributed by atoms with Crippen LogP contribution < -0.4 is 4.74 Å². The van der Waals surface area contributed by atoms with Gasteiger partial charge in [-0.1, -0.05) is 0 Å². The SMILES string of the molecule is COc1cc(/C=N\N(C)C)ccc1O. The van der Waals surface area contributed by atoms with Crippen LogP contribution in [0.2, 0.25) is 0 Å². The van der Waals surface area contributed by atoms with Crippen LogP contribution in [0.25, 0.3) is 0 Å². The molecule has 0 atom stereocenters. The number of ether oxygens (including phenoxy) is 1. The van der Waals surface area contributed by atoms with Gasteiger partial charge in [0, 0.05) is 14.1 Å². The Morgan fingerprint density at radius 1 is 1.43 bits per heavy atom. The van der Waals surface area contributed by atoms with E-state index in [9.17, 15) is 5.11 Å². The zero-order valence-electron chi connectivity index (χ0n) is 8.56. The number of phenolic OH excluding ortho intramolecular Hbond substituents is 1. The van der Waals surface area contributed by atoms with E-state index in [1.165, 1.54) is 7.11 Å². The summed E-state index contributed by atoms with van der Waals surface area (Å²) in [5, 5.41) is 15.1. The van der Waals surface area contributed by atoms with Gasteiger partial charge in [0.1, 0.15) is 0 Å². The van der Waals surface area contributed by atoms with Gasteiger partial charge in [-0.3, -0.25) is 0 Å². The lowest BCUT2D eigenvalue weighted by atomic mass is 10.2. The van der Waals surface area contributed by atoms with E-state index in [0.717, 1.165) is 5.56 Å². The van der Waals surface area contributed by atoms with E-state index >= 15 is 0 Å². The molecule has 0 saturated carbocycles. The second-order valence-corrected chi connectivity index (χ2v) is 3.02. The molecule has 0 aliphatic carbocycles. The molecule has 0 heterocycles. The van der Waals surface area contributed by atoms with Crippen LogP contribution in [0.4, 0.5) is 0 Å². The monoisotopic (exact) mass is 194 g/mol. The van der Waals surface area contributed by atoms with Crippen LogP contribution in [0.3, 0.4) is 0 Å². The molecule has 0 amide bonds. The minimum absolute atomic E-state index is 0.134. The Bertz CT molecular complexity index is 335.